The van der Waals surface area contributed by atoms with Crippen molar-refractivity contribution in [3.63, 3.8) is 0 Å². The Morgan fingerprint density at radius 1 is 1.47 bits per heavy atom. The van der Waals surface area contributed by atoms with E-state index in [4.69, 9.17) is 5.73 Å². The van der Waals surface area contributed by atoms with Crippen LogP contribution in [0.1, 0.15) is 18.5 Å². The van der Waals surface area contributed by atoms with E-state index in [9.17, 15) is 4.39 Å². The van der Waals surface area contributed by atoms with Crippen molar-refractivity contribution < 1.29 is 4.39 Å². The Morgan fingerprint density at radius 3 is 2.82 bits per heavy atom. The molecule has 0 radical (unpaired) electrons. The van der Waals surface area contributed by atoms with Crippen molar-refractivity contribution in [2.24, 2.45) is 12.8 Å². The number of halogens is 1. The molecule has 0 saturated carbocycles. The molecule has 0 bridgehead atoms. The number of nitrogens with zero attached hydrogens (tertiary/aromatic N) is 3. The molecule has 0 spiro atoms. The molecule has 0 aliphatic carbocycles. The fourth-order valence-electron chi connectivity index (χ4n) is 1.51. The molecule has 0 amide bonds. The molecule has 90 valence electrons. The molecule has 2 aromatic rings. The molecule has 2 rings (SSSR count). The van der Waals surface area contributed by atoms with Gasteiger partial charge < -0.3 is 10.3 Å². The molecule has 0 saturated heterocycles. The molecule has 2 N–H and O–H groups in total. The average molecular weight is 252 g/mol. The minimum atomic E-state index is -0.355. The molecule has 6 heteroatoms. The van der Waals surface area contributed by atoms with E-state index in [1.54, 1.807) is 23.9 Å². The number of rotatable bonds is 3. The Kier molecular flexibility index (Phi) is 3.44. The van der Waals surface area contributed by atoms with Gasteiger partial charge in [0.2, 0.25) is 0 Å². The van der Waals surface area contributed by atoms with Gasteiger partial charge in [0.1, 0.15) is 12.1 Å². The van der Waals surface area contributed by atoms with Crippen molar-refractivity contribution in [2.75, 3.05) is 0 Å². The highest BCUT2D eigenvalue weighted by molar-refractivity contribution is 7.99. The first-order valence-electron chi connectivity index (χ1n) is 5.15. The molecule has 0 aliphatic heterocycles. The van der Waals surface area contributed by atoms with E-state index < -0.39 is 0 Å². The Hall–Kier alpha value is -1.40. The van der Waals surface area contributed by atoms with Gasteiger partial charge in [0.25, 0.3) is 0 Å². The summed E-state index contributed by atoms with van der Waals surface area (Å²) in [6.45, 7) is 1.76. The van der Waals surface area contributed by atoms with Crippen LogP contribution in [0.5, 0.6) is 0 Å². The van der Waals surface area contributed by atoms with Crippen LogP contribution in [0.15, 0.2) is 34.6 Å². The van der Waals surface area contributed by atoms with Gasteiger partial charge >= 0.3 is 0 Å². The summed E-state index contributed by atoms with van der Waals surface area (Å²) >= 11 is 1.36. The van der Waals surface area contributed by atoms with Crippen LogP contribution >= 0.6 is 11.8 Å². The van der Waals surface area contributed by atoms with E-state index in [1.807, 2.05) is 13.1 Å². The smallest absolute Gasteiger partial charge is 0.195 e. The summed E-state index contributed by atoms with van der Waals surface area (Å²) < 4.78 is 15.5. The normalized spacial score (nSPS) is 12.7. The van der Waals surface area contributed by atoms with Crippen LogP contribution in [-0.4, -0.2) is 14.8 Å². The molecule has 0 aliphatic rings. The number of aromatic nitrogens is 3. The van der Waals surface area contributed by atoms with Gasteiger partial charge in [-0.3, -0.25) is 0 Å². The summed E-state index contributed by atoms with van der Waals surface area (Å²) in [6.07, 6.45) is 1.60. The first-order valence-corrected chi connectivity index (χ1v) is 5.97. The van der Waals surface area contributed by atoms with Crippen LogP contribution in [0, 0.1) is 5.82 Å². The van der Waals surface area contributed by atoms with Gasteiger partial charge in [-0.05, 0) is 30.8 Å². The number of hydrogen-bond acceptors (Lipinski definition) is 4. The maximum atomic E-state index is 13.7. The lowest BCUT2D eigenvalue weighted by molar-refractivity contribution is 0.585. The minimum Gasteiger partial charge on any atom is -0.324 e. The van der Waals surface area contributed by atoms with Gasteiger partial charge in [-0.25, -0.2) is 4.39 Å². The van der Waals surface area contributed by atoms with Gasteiger partial charge in [0.05, 0.1) is 0 Å². The zero-order chi connectivity index (χ0) is 12.4. The lowest BCUT2D eigenvalue weighted by Gasteiger charge is -2.12. The van der Waals surface area contributed by atoms with Crippen molar-refractivity contribution in [3.05, 3.63) is 35.9 Å². The van der Waals surface area contributed by atoms with Crippen LogP contribution in [0.4, 0.5) is 4.39 Å². The van der Waals surface area contributed by atoms with E-state index in [1.165, 1.54) is 17.8 Å². The maximum absolute atomic E-state index is 13.7. The van der Waals surface area contributed by atoms with Gasteiger partial charge in [0, 0.05) is 23.5 Å². The Bertz CT molecular complexity index is 524. The maximum Gasteiger partial charge on any atom is 0.195 e. The number of aryl methyl sites for hydroxylation is 1. The van der Waals surface area contributed by atoms with Crippen LogP contribution in [-0.2, 0) is 7.05 Å². The van der Waals surface area contributed by atoms with Crippen molar-refractivity contribution in [3.8, 4) is 0 Å². The molecule has 1 atom stereocenters. The lowest BCUT2D eigenvalue weighted by atomic mass is 10.1. The first-order chi connectivity index (χ1) is 8.09. The van der Waals surface area contributed by atoms with Crippen molar-refractivity contribution in [2.45, 2.75) is 23.0 Å². The van der Waals surface area contributed by atoms with Gasteiger partial charge in [-0.15, -0.1) is 10.2 Å². The third-order valence-corrected chi connectivity index (χ3v) is 3.47. The number of nitrogens with two attached hydrogens (primary N) is 1. The molecule has 0 unspecified atom stereocenters. The Labute approximate surface area is 103 Å². The second-order valence-electron chi connectivity index (χ2n) is 3.77. The van der Waals surface area contributed by atoms with E-state index in [-0.39, 0.29) is 11.9 Å². The highest BCUT2D eigenvalue weighted by atomic mass is 32.2. The molecule has 1 aromatic heterocycles. The summed E-state index contributed by atoms with van der Waals surface area (Å²) in [7, 11) is 1.84. The molecular weight excluding hydrogens is 239 g/mol. The van der Waals surface area contributed by atoms with E-state index in [2.05, 4.69) is 10.2 Å². The highest BCUT2D eigenvalue weighted by Gasteiger charge is 2.15. The first kappa shape index (κ1) is 12.1. The van der Waals surface area contributed by atoms with Gasteiger partial charge in [-0.2, -0.15) is 0 Å². The van der Waals surface area contributed by atoms with Crippen molar-refractivity contribution in [1.29, 1.82) is 0 Å². The van der Waals surface area contributed by atoms with E-state index >= 15 is 0 Å². The quantitative estimate of drug-likeness (QED) is 0.909. The summed E-state index contributed by atoms with van der Waals surface area (Å²) in [5.41, 5.74) is 6.30. The fraction of sp³-hybridized carbons (Fsp3) is 0.273. The standard InChI is InChI=1S/C11H13FN4S/c1-7(13)10-8(12)4-3-5-9(10)17-11-15-14-6-16(11)2/h3-7H,13H2,1-2H3/t7-/m0/s1. The van der Waals surface area contributed by atoms with Crippen molar-refractivity contribution in [1.82, 2.24) is 14.8 Å². The Morgan fingerprint density at radius 2 is 2.24 bits per heavy atom. The number of hydrogen-bond donors (Lipinski definition) is 1. The van der Waals surface area contributed by atoms with Gasteiger partial charge in [-0.1, -0.05) is 6.07 Å². The molecule has 4 nitrogen and oxygen atoms in total. The second-order valence-corrected chi connectivity index (χ2v) is 4.78. The van der Waals surface area contributed by atoms with Crippen molar-refractivity contribution >= 4 is 11.8 Å². The minimum absolute atomic E-state index is 0.285. The molecule has 1 heterocycles. The second kappa shape index (κ2) is 4.85. The Balaban J connectivity index is 2.39. The van der Waals surface area contributed by atoms with Crippen LogP contribution < -0.4 is 5.73 Å². The van der Waals surface area contributed by atoms with Crippen LogP contribution in [0.2, 0.25) is 0 Å². The summed E-state index contributed by atoms with van der Waals surface area (Å²) in [5.74, 6) is -0.285. The van der Waals surface area contributed by atoms with Gasteiger partial charge in [0.15, 0.2) is 5.16 Å². The zero-order valence-electron chi connectivity index (χ0n) is 9.59. The predicted octanol–water partition coefficient (Wildman–Crippen LogP) is 2.13. The molecule has 17 heavy (non-hydrogen) atoms. The zero-order valence-corrected chi connectivity index (χ0v) is 10.4. The molecular formula is C11H13FN4S. The molecule has 0 fully saturated rings. The van der Waals surface area contributed by atoms with E-state index in [0.717, 1.165) is 4.90 Å². The average Bonchev–Trinajstić information content (AvgIpc) is 2.64. The predicted molar refractivity (Wildman–Crippen MR) is 64.1 cm³/mol. The summed E-state index contributed by atoms with van der Waals surface area (Å²) in [4.78, 5) is 0.774. The third-order valence-electron chi connectivity index (χ3n) is 2.34. The van der Waals surface area contributed by atoms with Crippen LogP contribution in [0.25, 0.3) is 0 Å². The third kappa shape index (κ3) is 2.48. The summed E-state index contributed by atoms with van der Waals surface area (Å²) in [6, 6.07) is 4.56. The number of benzene rings is 1. The largest absolute Gasteiger partial charge is 0.324 e. The van der Waals surface area contributed by atoms with E-state index in [0.29, 0.717) is 10.7 Å². The summed E-state index contributed by atoms with van der Waals surface area (Å²) in [5, 5.41) is 8.44. The SMILES string of the molecule is C[C@H](N)c1c(F)cccc1Sc1nncn1C. The molecule has 1 aromatic carbocycles. The van der Waals surface area contributed by atoms with Crippen LogP contribution in [0.3, 0.4) is 0 Å². The lowest BCUT2D eigenvalue weighted by Crippen LogP contribution is -2.09. The topological polar surface area (TPSA) is 56.7 Å². The highest BCUT2D eigenvalue weighted by Crippen LogP contribution is 2.32. The monoisotopic (exact) mass is 252 g/mol. The fourth-order valence-corrected chi connectivity index (χ4v) is 2.53.